The van der Waals surface area contributed by atoms with Crippen LogP contribution < -0.4 is 11.1 Å². The highest BCUT2D eigenvalue weighted by Gasteiger charge is 2.30. The molecule has 0 spiro atoms. The number of aromatic amines is 1. The molecule has 2 fully saturated rings. The van der Waals surface area contributed by atoms with E-state index in [1.54, 1.807) is 11.8 Å². The van der Waals surface area contributed by atoms with E-state index in [1.165, 1.54) is 16.6 Å². The van der Waals surface area contributed by atoms with Gasteiger partial charge in [0.05, 0.1) is 0 Å². The summed E-state index contributed by atoms with van der Waals surface area (Å²) >= 11 is 1.75. The van der Waals surface area contributed by atoms with Crippen LogP contribution in [0.25, 0.3) is 0 Å². The number of aromatic nitrogens is 1. The maximum absolute atomic E-state index is 12.6. The maximum atomic E-state index is 12.6. The van der Waals surface area contributed by atoms with Gasteiger partial charge in [0.2, 0.25) is 10.0 Å². The first-order valence-corrected chi connectivity index (χ1v) is 10.9. The third kappa shape index (κ3) is 4.51. The average molecular weight is 409 g/mol. The van der Waals surface area contributed by atoms with E-state index in [9.17, 15) is 13.2 Å². The number of nitrogens with two attached hydrogens (primary N) is 1. The van der Waals surface area contributed by atoms with E-state index in [2.05, 4.69) is 10.3 Å². The number of hydrogen-bond acceptors (Lipinski definition) is 5. The Hall–Kier alpha value is -0.740. The fourth-order valence-electron chi connectivity index (χ4n) is 3.35. The summed E-state index contributed by atoms with van der Waals surface area (Å²) in [6, 6.07) is 1.50. The van der Waals surface area contributed by atoms with Crippen molar-refractivity contribution in [3.63, 3.8) is 0 Å². The van der Waals surface area contributed by atoms with Crippen LogP contribution >= 0.6 is 24.2 Å². The lowest BCUT2D eigenvalue weighted by Crippen LogP contribution is -2.40. The number of H-pyrrole nitrogens is 1. The number of hydrogen-bond donors (Lipinski definition) is 3. The van der Waals surface area contributed by atoms with Gasteiger partial charge in [0, 0.05) is 36.8 Å². The molecule has 7 nitrogen and oxygen atoms in total. The molecule has 1 aliphatic carbocycles. The predicted molar refractivity (Wildman–Crippen MR) is 102 cm³/mol. The van der Waals surface area contributed by atoms with Crippen molar-refractivity contribution in [2.45, 2.75) is 30.2 Å². The second-order valence-electron chi connectivity index (χ2n) is 6.27. The molecule has 10 heteroatoms. The maximum Gasteiger partial charge on any atom is 0.267 e. The average Bonchev–Trinajstić information content (AvgIpc) is 3.25. The molecule has 1 aromatic rings. The van der Waals surface area contributed by atoms with Crippen molar-refractivity contribution in [3.05, 3.63) is 18.0 Å². The molecule has 2 heterocycles. The second-order valence-corrected chi connectivity index (χ2v) is 9.43. The van der Waals surface area contributed by atoms with Crippen LogP contribution in [0.5, 0.6) is 0 Å². The monoisotopic (exact) mass is 408 g/mol. The van der Waals surface area contributed by atoms with Crippen LogP contribution in [-0.4, -0.2) is 60.8 Å². The molecule has 4 N–H and O–H groups in total. The Morgan fingerprint density at radius 2 is 2.08 bits per heavy atom. The molecule has 1 aromatic heterocycles. The lowest BCUT2D eigenvalue weighted by Gasteiger charge is -2.24. The Bertz CT molecular complexity index is 689. The molecule has 2 atom stereocenters. The number of nitrogens with zero attached hydrogens (tertiary/aromatic N) is 1. The number of nitrogens with one attached hydrogen (secondary N) is 2. The van der Waals surface area contributed by atoms with Crippen molar-refractivity contribution < 1.29 is 13.2 Å². The van der Waals surface area contributed by atoms with Gasteiger partial charge in [-0.25, -0.2) is 8.42 Å². The molecular weight excluding hydrogens is 384 g/mol. The van der Waals surface area contributed by atoms with Gasteiger partial charge in [-0.15, -0.1) is 12.4 Å². The van der Waals surface area contributed by atoms with Gasteiger partial charge in [-0.05, 0) is 31.4 Å². The number of carbonyl (C=O) groups is 1. The minimum absolute atomic E-state index is 0. The van der Waals surface area contributed by atoms with Crippen LogP contribution in [-0.2, 0) is 10.0 Å². The highest BCUT2D eigenvalue weighted by molar-refractivity contribution is 7.99. The topological polar surface area (TPSA) is 108 Å². The van der Waals surface area contributed by atoms with E-state index >= 15 is 0 Å². The standard InChI is InChI=1S/C15H24N4O3S2.ClH/c16-9-11-2-1-3-13(11)18-15(20)14-8-12(10-17-14)24(21,22)19-4-6-23-7-5-19;/h8,10-11,13,17H,1-7,9,16H2,(H,18,20);1H. The Balaban J connectivity index is 0.00000225. The van der Waals surface area contributed by atoms with Crippen LogP contribution in [0.4, 0.5) is 0 Å². The number of sulfonamides is 1. The summed E-state index contributed by atoms with van der Waals surface area (Å²) < 4.78 is 26.7. The van der Waals surface area contributed by atoms with Crippen molar-refractivity contribution in [3.8, 4) is 0 Å². The molecular formula is C15H25ClN4O3S2. The summed E-state index contributed by atoms with van der Waals surface area (Å²) in [5.74, 6) is 1.65. The van der Waals surface area contributed by atoms with E-state index in [4.69, 9.17) is 5.73 Å². The van der Waals surface area contributed by atoms with Gasteiger partial charge >= 0.3 is 0 Å². The number of thioether (sulfide) groups is 1. The molecule has 0 aromatic carbocycles. The summed E-state index contributed by atoms with van der Waals surface area (Å²) in [5, 5.41) is 2.98. The van der Waals surface area contributed by atoms with Crippen LogP contribution in [0, 0.1) is 5.92 Å². The number of amides is 1. The van der Waals surface area contributed by atoms with Crippen LogP contribution in [0.2, 0.25) is 0 Å². The largest absolute Gasteiger partial charge is 0.356 e. The Labute approximate surface area is 158 Å². The minimum Gasteiger partial charge on any atom is -0.356 e. The van der Waals surface area contributed by atoms with E-state index in [1.807, 2.05) is 0 Å². The van der Waals surface area contributed by atoms with Gasteiger partial charge in [-0.2, -0.15) is 16.1 Å². The normalized spacial score (nSPS) is 24.7. The van der Waals surface area contributed by atoms with Gasteiger partial charge < -0.3 is 16.0 Å². The summed E-state index contributed by atoms with van der Waals surface area (Å²) in [5.41, 5.74) is 6.02. The Morgan fingerprint density at radius 1 is 1.36 bits per heavy atom. The van der Waals surface area contributed by atoms with Crippen molar-refractivity contribution in [2.75, 3.05) is 31.1 Å². The van der Waals surface area contributed by atoms with E-state index < -0.39 is 10.0 Å². The lowest BCUT2D eigenvalue weighted by atomic mass is 10.0. The van der Waals surface area contributed by atoms with E-state index in [0.717, 1.165) is 30.8 Å². The highest BCUT2D eigenvalue weighted by Crippen LogP contribution is 2.25. The molecule has 3 rings (SSSR count). The van der Waals surface area contributed by atoms with Crippen LogP contribution in [0.3, 0.4) is 0 Å². The first-order chi connectivity index (χ1) is 11.5. The van der Waals surface area contributed by atoms with Crippen LogP contribution in [0.1, 0.15) is 29.8 Å². The lowest BCUT2D eigenvalue weighted by molar-refractivity contribution is 0.0924. The predicted octanol–water partition coefficient (Wildman–Crippen LogP) is 1.03. The highest BCUT2D eigenvalue weighted by atomic mass is 35.5. The molecule has 2 aliphatic rings. The molecule has 1 aliphatic heterocycles. The van der Waals surface area contributed by atoms with Gasteiger partial charge in [0.1, 0.15) is 10.6 Å². The van der Waals surface area contributed by atoms with Gasteiger partial charge in [0.25, 0.3) is 5.91 Å². The fourth-order valence-corrected chi connectivity index (χ4v) is 5.92. The zero-order valence-electron chi connectivity index (χ0n) is 13.9. The smallest absolute Gasteiger partial charge is 0.267 e. The van der Waals surface area contributed by atoms with Crippen LogP contribution in [0.15, 0.2) is 17.2 Å². The molecule has 2 unspecified atom stereocenters. The molecule has 0 radical (unpaired) electrons. The SMILES string of the molecule is Cl.NCC1CCCC1NC(=O)c1cc(S(=O)(=O)N2CCSCC2)c[nH]1. The summed E-state index contributed by atoms with van der Waals surface area (Å²) in [6.45, 7) is 1.59. The number of carbonyl (C=O) groups excluding carboxylic acids is 1. The first kappa shape index (κ1) is 20.6. The van der Waals surface area contributed by atoms with E-state index in [-0.39, 0.29) is 34.9 Å². The fraction of sp³-hybridized carbons (Fsp3) is 0.667. The first-order valence-electron chi connectivity index (χ1n) is 8.29. The summed E-state index contributed by atoms with van der Waals surface area (Å²) in [4.78, 5) is 15.3. The zero-order valence-corrected chi connectivity index (χ0v) is 16.4. The number of halogens is 1. The molecule has 1 amide bonds. The van der Waals surface area contributed by atoms with Gasteiger partial charge in [0.15, 0.2) is 0 Å². The third-order valence-electron chi connectivity index (χ3n) is 4.79. The molecule has 0 bridgehead atoms. The molecule has 25 heavy (non-hydrogen) atoms. The van der Waals surface area contributed by atoms with Crippen molar-refractivity contribution >= 4 is 40.1 Å². The van der Waals surface area contributed by atoms with Gasteiger partial charge in [-0.1, -0.05) is 6.42 Å². The van der Waals surface area contributed by atoms with E-state index in [0.29, 0.717) is 25.6 Å². The zero-order chi connectivity index (χ0) is 17.2. The third-order valence-corrected chi connectivity index (χ3v) is 7.61. The Morgan fingerprint density at radius 3 is 2.76 bits per heavy atom. The number of rotatable bonds is 5. The molecule has 1 saturated heterocycles. The Kier molecular flexibility index (Phi) is 7.21. The summed E-state index contributed by atoms with van der Waals surface area (Å²) in [6.07, 6.45) is 4.41. The van der Waals surface area contributed by atoms with Crippen molar-refractivity contribution in [1.29, 1.82) is 0 Å². The van der Waals surface area contributed by atoms with Crippen molar-refractivity contribution in [1.82, 2.24) is 14.6 Å². The minimum atomic E-state index is -3.53. The van der Waals surface area contributed by atoms with Gasteiger partial charge in [-0.3, -0.25) is 4.79 Å². The molecule has 142 valence electrons. The van der Waals surface area contributed by atoms with Crippen molar-refractivity contribution in [2.24, 2.45) is 11.7 Å². The second kappa shape index (κ2) is 8.77. The quantitative estimate of drug-likeness (QED) is 0.674. The summed E-state index contributed by atoms with van der Waals surface area (Å²) in [7, 11) is -3.53. The molecule has 1 saturated carbocycles.